The van der Waals surface area contributed by atoms with E-state index >= 15 is 0 Å². The number of aliphatic hydroxyl groups is 1. The van der Waals surface area contributed by atoms with Crippen molar-refractivity contribution in [2.24, 2.45) is 0 Å². The Bertz CT molecular complexity index is 304. The van der Waals surface area contributed by atoms with Gasteiger partial charge in [-0.05, 0) is 25.0 Å². The van der Waals surface area contributed by atoms with E-state index in [1.807, 2.05) is 0 Å². The average molecular weight is 204 g/mol. The molecule has 0 aliphatic heterocycles. The van der Waals surface area contributed by atoms with E-state index in [2.05, 4.69) is 0 Å². The van der Waals surface area contributed by atoms with Crippen molar-refractivity contribution < 1.29 is 18.3 Å². The van der Waals surface area contributed by atoms with Crippen molar-refractivity contribution in [1.82, 2.24) is 0 Å². The first-order valence-corrected chi connectivity index (χ1v) is 4.24. The Labute approximate surface area is 80.2 Å². The molecule has 1 unspecified atom stereocenters. The Hall–Kier alpha value is -1.03. The van der Waals surface area contributed by atoms with Gasteiger partial charge in [-0.2, -0.15) is 13.2 Å². The van der Waals surface area contributed by atoms with E-state index in [0.717, 1.165) is 6.07 Å². The van der Waals surface area contributed by atoms with Gasteiger partial charge in [0.1, 0.15) is 0 Å². The first-order chi connectivity index (χ1) is 6.41. The van der Waals surface area contributed by atoms with Crippen molar-refractivity contribution in [2.75, 3.05) is 0 Å². The monoisotopic (exact) mass is 204 g/mol. The molecule has 4 heteroatoms. The highest BCUT2D eigenvalue weighted by atomic mass is 19.4. The van der Waals surface area contributed by atoms with Gasteiger partial charge >= 0.3 is 6.18 Å². The molecule has 1 atom stereocenters. The molecule has 0 fully saturated rings. The van der Waals surface area contributed by atoms with Crippen LogP contribution in [0.2, 0.25) is 0 Å². The van der Waals surface area contributed by atoms with Gasteiger partial charge in [0.2, 0.25) is 0 Å². The molecule has 0 aliphatic rings. The SMILES string of the molecule is CC(O)Cc1ccccc1C(F)(F)F. The minimum Gasteiger partial charge on any atom is -0.393 e. The van der Waals surface area contributed by atoms with Crippen molar-refractivity contribution in [3.8, 4) is 0 Å². The predicted molar refractivity (Wildman–Crippen MR) is 46.8 cm³/mol. The smallest absolute Gasteiger partial charge is 0.393 e. The third kappa shape index (κ3) is 2.73. The Morgan fingerprint density at radius 3 is 2.36 bits per heavy atom. The molecule has 1 nitrogen and oxygen atoms in total. The molecule has 0 heterocycles. The topological polar surface area (TPSA) is 20.2 Å². The van der Waals surface area contributed by atoms with Gasteiger partial charge < -0.3 is 5.11 Å². The number of aliphatic hydroxyl groups excluding tert-OH is 1. The van der Waals surface area contributed by atoms with E-state index in [4.69, 9.17) is 5.11 Å². The lowest BCUT2D eigenvalue weighted by Gasteiger charge is -2.13. The van der Waals surface area contributed by atoms with Crippen LogP contribution in [-0.2, 0) is 12.6 Å². The van der Waals surface area contributed by atoms with Crippen LogP contribution < -0.4 is 0 Å². The Morgan fingerprint density at radius 2 is 1.86 bits per heavy atom. The molecular formula is C10H11F3O. The van der Waals surface area contributed by atoms with Crippen LogP contribution in [-0.4, -0.2) is 11.2 Å². The van der Waals surface area contributed by atoms with E-state index in [9.17, 15) is 13.2 Å². The van der Waals surface area contributed by atoms with Crippen LogP contribution in [0.15, 0.2) is 24.3 Å². The van der Waals surface area contributed by atoms with E-state index in [-0.39, 0.29) is 12.0 Å². The molecule has 0 saturated carbocycles. The van der Waals surface area contributed by atoms with Crippen molar-refractivity contribution in [3.63, 3.8) is 0 Å². The fraction of sp³-hybridized carbons (Fsp3) is 0.400. The van der Waals surface area contributed by atoms with Crippen LogP contribution in [0.1, 0.15) is 18.1 Å². The van der Waals surface area contributed by atoms with Crippen molar-refractivity contribution in [3.05, 3.63) is 35.4 Å². The van der Waals surface area contributed by atoms with Crippen molar-refractivity contribution in [1.29, 1.82) is 0 Å². The molecule has 0 spiro atoms. The second kappa shape index (κ2) is 4.00. The van der Waals surface area contributed by atoms with Gasteiger partial charge in [-0.1, -0.05) is 18.2 Å². The summed E-state index contributed by atoms with van der Waals surface area (Å²) < 4.78 is 37.3. The summed E-state index contributed by atoms with van der Waals surface area (Å²) in [5.74, 6) is 0. The zero-order valence-corrected chi connectivity index (χ0v) is 7.67. The highest BCUT2D eigenvalue weighted by Crippen LogP contribution is 2.32. The van der Waals surface area contributed by atoms with Gasteiger partial charge in [0.15, 0.2) is 0 Å². The molecule has 0 aliphatic carbocycles. The number of halogens is 3. The lowest BCUT2D eigenvalue weighted by molar-refractivity contribution is -0.138. The molecule has 14 heavy (non-hydrogen) atoms. The number of hydrogen-bond donors (Lipinski definition) is 1. The fourth-order valence-corrected chi connectivity index (χ4v) is 1.29. The van der Waals surface area contributed by atoms with Crippen LogP contribution in [0.5, 0.6) is 0 Å². The standard InChI is InChI=1S/C10H11F3O/c1-7(14)6-8-4-2-3-5-9(8)10(11,12)13/h2-5,7,14H,6H2,1H3. The summed E-state index contributed by atoms with van der Waals surface area (Å²) in [6.07, 6.45) is -5.08. The molecule has 0 bridgehead atoms. The summed E-state index contributed by atoms with van der Waals surface area (Å²) >= 11 is 0. The highest BCUT2D eigenvalue weighted by Gasteiger charge is 2.32. The fourth-order valence-electron chi connectivity index (χ4n) is 1.29. The first kappa shape index (κ1) is 11.0. The Balaban J connectivity index is 3.04. The number of rotatable bonds is 2. The predicted octanol–water partition coefficient (Wildman–Crippen LogP) is 2.63. The lowest BCUT2D eigenvalue weighted by atomic mass is 10.0. The Kier molecular flexibility index (Phi) is 3.16. The Morgan fingerprint density at radius 1 is 1.29 bits per heavy atom. The van der Waals surface area contributed by atoms with Gasteiger partial charge in [-0.25, -0.2) is 0 Å². The lowest BCUT2D eigenvalue weighted by Crippen LogP contribution is -2.13. The molecule has 78 valence electrons. The third-order valence-corrected chi connectivity index (χ3v) is 1.84. The van der Waals surface area contributed by atoms with Gasteiger partial charge in [0.25, 0.3) is 0 Å². The van der Waals surface area contributed by atoms with E-state index in [1.165, 1.54) is 25.1 Å². The minimum absolute atomic E-state index is 0.0235. The summed E-state index contributed by atoms with van der Waals surface area (Å²) in [6.45, 7) is 1.47. The zero-order chi connectivity index (χ0) is 10.8. The largest absolute Gasteiger partial charge is 0.416 e. The van der Waals surface area contributed by atoms with E-state index in [1.54, 1.807) is 0 Å². The molecular weight excluding hydrogens is 193 g/mol. The molecule has 0 saturated heterocycles. The number of benzene rings is 1. The van der Waals surface area contributed by atoms with Crippen LogP contribution in [0.3, 0.4) is 0 Å². The maximum atomic E-state index is 12.4. The normalized spacial score (nSPS) is 14.1. The maximum Gasteiger partial charge on any atom is 0.416 e. The summed E-state index contributed by atoms with van der Waals surface area (Å²) in [5.41, 5.74) is -0.532. The quantitative estimate of drug-likeness (QED) is 0.785. The molecule has 0 amide bonds. The van der Waals surface area contributed by atoms with Gasteiger partial charge in [0.05, 0.1) is 11.7 Å². The number of alkyl halides is 3. The zero-order valence-electron chi connectivity index (χ0n) is 7.67. The second-order valence-electron chi connectivity index (χ2n) is 3.21. The van der Waals surface area contributed by atoms with E-state index in [0.29, 0.717) is 0 Å². The molecule has 1 rings (SSSR count). The minimum atomic E-state index is -4.34. The number of hydrogen-bond acceptors (Lipinski definition) is 1. The molecule has 1 aromatic rings. The molecule has 1 aromatic carbocycles. The summed E-state index contributed by atoms with van der Waals surface area (Å²) in [5, 5.41) is 9.03. The van der Waals surface area contributed by atoms with Crippen LogP contribution in [0.4, 0.5) is 13.2 Å². The summed E-state index contributed by atoms with van der Waals surface area (Å²) in [4.78, 5) is 0. The first-order valence-electron chi connectivity index (χ1n) is 4.24. The van der Waals surface area contributed by atoms with Crippen LogP contribution in [0.25, 0.3) is 0 Å². The van der Waals surface area contributed by atoms with Crippen molar-refractivity contribution >= 4 is 0 Å². The summed E-state index contributed by atoms with van der Waals surface area (Å²) in [6, 6.07) is 5.29. The van der Waals surface area contributed by atoms with Crippen LogP contribution in [0, 0.1) is 0 Å². The van der Waals surface area contributed by atoms with E-state index < -0.39 is 17.8 Å². The maximum absolute atomic E-state index is 12.4. The third-order valence-electron chi connectivity index (χ3n) is 1.84. The van der Waals surface area contributed by atoms with Gasteiger partial charge in [-0.3, -0.25) is 0 Å². The highest BCUT2D eigenvalue weighted by molar-refractivity contribution is 5.30. The summed E-state index contributed by atoms with van der Waals surface area (Å²) in [7, 11) is 0. The van der Waals surface area contributed by atoms with Gasteiger partial charge in [-0.15, -0.1) is 0 Å². The van der Waals surface area contributed by atoms with Crippen LogP contribution >= 0.6 is 0 Å². The van der Waals surface area contributed by atoms with Crippen molar-refractivity contribution in [2.45, 2.75) is 25.6 Å². The second-order valence-corrected chi connectivity index (χ2v) is 3.21. The molecule has 1 N–H and O–H groups in total. The molecule has 0 radical (unpaired) electrons. The van der Waals surface area contributed by atoms with Gasteiger partial charge in [0, 0.05) is 0 Å². The average Bonchev–Trinajstić information content (AvgIpc) is 2.01. The molecule has 0 aromatic heterocycles.